The molecule has 1 saturated carbocycles. The minimum Gasteiger partial charge on any atom is -0.384 e. The van der Waals surface area contributed by atoms with Gasteiger partial charge in [-0.15, -0.1) is 0 Å². The van der Waals surface area contributed by atoms with E-state index in [0.29, 0.717) is 5.54 Å². The molecule has 1 heterocycles. The van der Waals surface area contributed by atoms with Crippen molar-refractivity contribution in [2.75, 3.05) is 33.4 Å². The fourth-order valence-electron chi connectivity index (χ4n) is 4.13. The van der Waals surface area contributed by atoms with Gasteiger partial charge in [0.2, 0.25) is 0 Å². The molecule has 3 heteroatoms. The molecule has 112 valence electrons. The van der Waals surface area contributed by atoms with Crippen molar-refractivity contribution in [3.63, 3.8) is 0 Å². The fraction of sp³-hybridized carbons (Fsp3) is 1.00. The smallest absolute Gasteiger partial charge is 0.0503 e. The lowest BCUT2D eigenvalue weighted by Gasteiger charge is -2.47. The molecule has 1 aliphatic heterocycles. The maximum Gasteiger partial charge on any atom is 0.0503 e. The Morgan fingerprint density at radius 1 is 1.26 bits per heavy atom. The van der Waals surface area contributed by atoms with Gasteiger partial charge in [0.25, 0.3) is 0 Å². The Bertz CT molecular complexity index is 272. The molecule has 0 aromatic rings. The molecule has 2 N–H and O–H groups in total. The second-order valence-corrected chi connectivity index (χ2v) is 7.07. The minimum atomic E-state index is 0.299. The molecule has 0 spiro atoms. The van der Waals surface area contributed by atoms with Crippen LogP contribution in [0.25, 0.3) is 0 Å². The van der Waals surface area contributed by atoms with Gasteiger partial charge in [-0.3, -0.25) is 4.90 Å². The first-order chi connectivity index (χ1) is 9.11. The Hall–Kier alpha value is -0.120. The summed E-state index contributed by atoms with van der Waals surface area (Å²) < 4.78 is 5.32. The highest BCUT2D eigenvalue weighted by molar-refractivity contribution is 4.98. The summed E-state index contributed by atoms with van der Waals surface area (Å²) in [5.41, 5.74) is 6.49. The second kappa shape index (κ2) is 6.55. The Balaban J connectivity index is 1.93. The third kappa shape index (κ3) is 3.32. The Morgan fingerprint density at radius 3 is 2.47 bits per heavy atom. The summed E-state index contributed by atoms with van der Waals surface area (Å²) in [6.07, 6.45) is 6.60. The summed E-state index contributed by atoms with van der Waals surface area (Å²) in [6.45, 7) is 8.88. The molecule has 0 radical (unpaired) electrons. The topological polar surface area (TPSA) is 38.5 Å². The summed E-state index contributed by atoms with van der Waals surface area (Å²) in [5, 5.41) is 0. The first-order valence-electron chi connectivity index (χ1n) is 8.05. The van der Waals surface area contributed by atoms with Gasteiger partial charge in [0, 0.05) is 25.7 Å². The summed E-state index contributed by atoms with van der Waals surface area (Å²) >= 11 is 0. The van der Waals surface area contributed by atoms with Crippen LogP contribution in [-0.2, 0) is 4.74 Å². The number of hydrogen-bond donors (Lipinski definition) is 1. The Morgan fingerprint density at radius 2 is 1.95 bits per heavy atom. The average Bonchev–Trinajstić information content (AvgIpc) is 2.88. The van der Waals surface area contributed by atoms with E-state index in [1.54, 1.807) is 0 Å². The van der Waals surface area contributed by atoms with Crippen LogP contribution >= 0.6 is 0 Å². The van der Waals surface area contributed by atoms with Crippen molar-refractivity contribution >= 4 is 0 Å². The van der Waals surface area contributed by atoms with E-state index < -0.39 is 0 Å². The van der Waals surface area contributed by atoms with Crippen molar-refractivity contribution in [1.29, 1.82) is 0 Å². The highest BCUT2D eigenvalue weighted by Crippen LogP contribution is 2.40. The lowest BCUT2D eigenvalue weighted by Crippen LogP contribution is -2.55. The van der Waals surface area contributed by atoms with Crippen molar-refractivity contribution < 1.29 is 4.74 Å². The number of nitrogens with zero attached hydrogens (tertiary/aromatic N) is 1. The van der Waals surface area contributed by atoms with Gasteiger partial charge in [-0.2, -0.15) is 0 Å². The number of rotatable bonds is 5. The number of ether oxygens (including phenoxy) is 1. The summed E-state index contributed by atoms with van der Waals surface area (Å²) in [5.74, 6) is 2.46. The Kier molecular flexibility index (Phi) is 5.27. The van der Waals surface area contributed by atoms with Gasteiger partial charge in [0.05, 0.1) is 6.61 Å². The fourth-order valence-corrected chi connectivity index (χ4v) is 4.13. The second-order valence-electron chi connectivity index (χ2n) is 7.07. The highest BCUT2D eigenvalue weighted by Gasteiger charge is 2.42. The van der Waals surface area contributed by atoms with Crippen LogP contribution in [0, 0.1) is 17.8 Å². The van der Waals surface area contributed by atoms with Crippen LogP contribution in [0.1, 0.15) is 46.0 Å². The van der Waals surface area contributed by atoms with Crippen LogP contribution in [-0.4, -0.2) is 43.8 Å². The molecular formula is C16H32N2O. The van der Waals surface area contributed by atoms with E-state index in [4.69, 9.17) is 10.5 Å². The summed E-state index contributed by atoms with van der Waals surface area (Å²) in [7, 11) is 1.81. The van der Waals surface area contributed by atoms with Gasteiger partial charge in [0.15, 0.2) is 0 Å². The van der Waals surface area contributed by atoms with Gasteiger partial charge in [-0.05, 0) is 56.4 Å². The van der Waals surface area contributed by atoms with Crippen LogP contribution in [0.5, 0.6) is 0 Å². The van der Waals surface area contributed by atoms with Gasteiger partial charge in [0.1, 0.15) is 0 Å². The van der Waals surface area contributed by atoms with Crippen LogP contribution in [0.2, 0.25) is 0 Å². The van der Waals surface area contributed by atoms with Crippen molar-refractivity contribution in [3.8, 4) is 0 Å². The quantitative estimate of drug-likeness (QED) is 0.832. The predicted molar refractivity (Wildman–Crippen MR) is 80.1 cm³/mol. The molecule has 2 fully saturated rings. The first-order valence-corrected chi connectivity index (χ1v) is 8.05. The van der Waals surface area contributed by atoms with Gasteiger partial charge in [-0.25, -0.2) is 0 Å². The predicted octanol–water partition coefficient (Wildman–Crippen LogP) is 2.50. The largest absolute Gasteiger partial charge is 0.384 e. The minimum absolute atomic E-state index is 0.299. The monoisotopic (exact) mass is 268 g/mol. The standard InChI is InChI=1S/C16H32N2O/c1-13(2)15-4-7-16(12-17,8-5-15)18-9-6-14(10-18)11-19-3/h13-15H,4-12,17H2,1-3H3. The number of methoxy groups -OCH3 is 1. The normalized spacial score (nSPS) is 37.1. The molecule has 1 unspecified atom stereocenters. The van der Waals surface area contributed by atoms with Crippen molar-refractivity contribution in [1.82, 2.24) is 4.90 Å². The van der Waals surface area contributed by atoms with Crippen molar-refractivity contribution in [3.05, 3.63) is 0 Å². The maximum atomic E-state index is 6.19. The van der Waals surface area contributed by atoms with E-state index >= 15 is 0 Å². The van der Waals surface area contributed by atoms with E-state index in [9.17, 15) is 0 Å². The Labute approximate surface area is 118 Å². The average molecular weight is 268 g/mol. The zero-order valence-corrected chi connectivity index (χ0v) is 13.0. The molecule has 0 aromatic carbocycles. The van der Waals surface area contributed by atoms with Crippen LogP contribution in [0.15, 0.2) is 0 Å². The summed E-state index contributed by atoms with van der Waals surface area (Å²) in [6, 6.07) is 0. The maximum absolute atomic E-state index is 6.19. The molecule has 1 aliphatic carbocycles. The molecule has 2 rings (SSSR count). The lowest BCUT2D eigenvalue weighted by molar-refractivity contribution is 0.0464. The van der Waals surface area contributed by atoms with Crippen molar-refractivity contribution in [2.24, 2.45) is 23.5 Å². The SMILES string of the molecule is COCC1CCN(C2(CN)CCC(C(C)C)CC2)C1. The number of hydrogen-bond acceptors (Lipinski definition) is 3. The van der Waals surface area contributed by atoms with Gasteiger partial charge in [-0.1, -0.05) is 13.8 Å². The van der Waals surface area contributed by atoms with E-state index in [0.717, 1.165) is 30.9 Å². The molecule has 1 atom stereocenters. The summed E-state index contributed by atoms with van der Waals surface area (Å²) in [4.78, 5) is 2.69. The molecular weight excluding hydrogens is 236 g/mol. The molecule has 3 nitrogen and oxygen atoms in total. The lowest BCUT2D eigenvalue weighted by atomic mass is 9.72. The van der Waals surface area contributed by atoms with E-state index in [2.05, 4.69) is 18.7 Å². The van der Waals surface area contributed by atoms with Crippen LogP contribution in [0.4, 0.5) is 0 Å². The molecule has 19 heavy (non-hydrogen) atoms. The van der Waals surface area contributed by atoms with E-state index in [-0.39, 0.29) is 0 Å². The van der Waals surface area contributed by atoms with E-state index in [1.165, 1.54) is 45.2 Å². The van der Waals surface area contributed by atoms with Gasteiger partial charge >= 0.3 is 0 Å². The third-order valence-corrected chi connectivity index (χ3v) is 5.64. The highest BCUT2D eigenvalue weighted by atomic mass is 16.5. The van der Waals surface area contributed by atoms with E-state index in [1.807, 2.05) is 7.11 Å². The molecule has 0 bridgehead atoms. The van der Waals surface area contributed by atoms with Crippen molar-refractivity contribution in [2.45, 2.75) is 51.5 Å². The molecule has 1 saturated heterocycles. The molecule has 0 aromatic heterocycles. The van der Waals surface area contributed by atoms with Crippen LogP contribution < -0.4 is 5.73 Å². The third-order valence-electron chi connectivity index (χ3n) is 5.64. The zero-order valence-electron chi connectivity index (χ0n) is 13.0. The number of likely N-dealkylation sites (tertiary alicyclic amines) is 1. The number of nitrogens with two attached hydrogens (primary N) is 1. The first kappa shape index (κ1) is 15.3. The van der Waals surface area contributed by atoms with Gasteiger partial charge < -0.3 is 10.5 Å². The molecule has 0 amide bonds. The zero-order chi connectivity index (χ0) is 13.9. The molecule has 2 aliphatic rings. The van der Waals surface area contributed by atoms with Crippen LogP contribution in [0.3, 0.4) is 0 Å².